The molecule has 0 aromatic carbocycles. The van der Waals surface area contributed by atoms with Gasteiger partial charge in [0.2, 0.25) is 0 Å². The number of rotatable bonds is 0. The predicted molar refractivity (Wildman–Crippen MR) is 67.0 cm³/mol. The van der Waals surface area contributed by atoms with E-state index in [1.807, 2.05) is 12.1 Å². The number of hydrogen-bond donors (Lipinski definition) is 0. The first-order valence-corrected chi connectivity index (χ1v) is 7.00. The lowest BCUT2D eigenvalue weighted by atomic mass is 10.00. The predicted octanol–water partition coefficient (Wildman–Crippen LogP) is 2.33. The Balaban J connectivity index is 2.21. The number of alkyl halides is 2. The van der Waals surface area contributed by atoms with E-state index in [1.165, 1.54) is 0 Å². The largest absolute Gasteiger partial charge is 0.237 e. The molecule has 0 N–H and O–H groups in total. The molecule has 2 aliphatic rings. The van der Waals surface area contributed by atoms with Crippen LogP contribution in [0.2, 0.25) is 0 Å². The van der Waals surface area contributed by atoms with Crippen LogP contribution in [0.3, 0.4) is 0 Å². The maximum atomic E-state index is 8.94. The van der Waals surface area contributed by atoms with Gasteiger partial charge in [0, 0.05) is 21.5 Å². The van der Waals surface area contributed by atoms with Crippen molar-refractivity contribution >= 4 is 31.9 Å². The minimum Gasteiger partial charge on any atom is -0.237 e. The van der Waals surface area contributed by atoms with Crippen molar-refractivity contribution in [2.75, 3.05) is 0 Å². The van der Waals surface area contributed by atoms with Crippen LogP contribution in [0.1, 0.15) is 41.0 Å². The van der Waals surface area contributed by atoms with E-state index in [0.717, 1.165) is 17.8 Å². The van der Waals surface area contributed by atoms with Gasteiger partial charge in [-0.25, -0.2) is 9.97 Å². The maximum absolute atomic E-state index is 8.94. The number of nitrogens with zero attached hydrogens (tertiary/aromatic N) is 4. The summed E-state index contributed by atoms with van der Waals surface area (Å²) < 4.78 is 0. The van der Waals surface area contributed by atoms with Gasteiger partial charge in [-0.15, -0.1) is 0 Å². The fourth-order valence-corrected chi connectivity index (χ4v) is 4.33. The average Bonchev–Trinajstić information content (AvgIpc) is 2.85. The number of nitriles is 2. The molecule has 0 amide bonds. The van der Waals surface area contributed by atoms with Crippen LogP contribution in [-0.4, -0.2) is 19.6 Å². The summed E-state index contributed by atoms with van der Waals surface area (Å²) in [5, 5.41) is 17.9. The lowest BCUT2D eigenvalue weighted by molar-refractivity contribution is 0.720. The molecule has 1 heterocycles. The third kappa shape index (κ3) is 1.38. The third-order valence-corrected chi connectivity index (χ3v) is 6.57. The van der Waals surface area contributed by atoms with E-state index < -0.39 is 0 Å². The van der Waals surface area contributed by atoms with Crippen molar-refractivity contribution in [3.8, 4) is 12.1 Å². The van der Waals surface area contributed by atoms with Gasteiger partial charge in [0.15, 0.2) is 11.4 Å². The first-order chi connectivity index (χ1) is 8.17. The van der Waals surface area contributed by atoms with E-state index in [9.17, 15) is 0 Å². The van der Waals surface area contributed by atoms with Crippen LogP contribution in [0.15, 0.2) is 0 Å². The second kappa shape index (κ2) is 3.76. The van der Waals surface area contributed by atoms with Gasteiger partial charge >= 0.3 is 0 Å². The van der Waals surface area contributed by atoms with Gasteiger partial charge in [0.05, 0.1) is 11.4 Å². The Labute approximate surface area is 115 Å². The molecule has 1 aromatic heterocycles. The fraction of sp³-hybridized carbons (Fsp3) is 0.455. The molecule has 1 saturated carbocycles. The highest BCUT2D eigenvalue weighted by Gasteiger charge is 2.51. The zero-order valence-electron chi connectivity index (χ0n) is 8.56. The Hall–Kier alpha value is -0.980. The van der Waals surface area contributed by atoms with Gasteiger partial charge in [-0.05, 0) is 6.42 Å². The second-order valence-electron chi connectivity index (χ2n) is 4.25. The van der Waals surface area contributed by atoms with E-state index in [2.05, 4.69) is 41.8 Å². The van der Waals surface area contributed by atoms with Crippen LogP contribution in [0.4, 0.5) is 0 Å². The Morgan fingerprint density at radius 1 is 0.941 bits per heavy atom. The van der Waals surface area contributed by atoms with Crippen molar-refractivity contribution in [1.82, 2.24) is 9.97 Å². The van der Waals surface area contributed by atoms with Gasteiger partial charge < -0.3 is 0 Å². The molecule has 0 radical (unpaired) electrons. The van der Waals surface area contributed by atoms with Crippen LogP contribution < -0.4 is 0 Å². The quantitative estimate of drug-likeness (QED) is 0.671. The van der Waals surface area contributed by atoms with Crippen molar-refractivity contribution in [1.29, 1.82) is 10.5 Å². The molecule has 1 fully saturated rings. The second-order valence-corrected chi connectivity index (χ2v) is 6.37. The van der Waals surface area contributed by atoms with Gasteiger partial charge in [-0.2, -0.15) is 10.5 Å². The summed E-state index contributed by atoms with van der Waals surface area (Å²) in [5.74, 6) is 0.596. The van der Waals surface area contributed by atoms with Gasteiger partial charge in [-0.1, -0.05) is 31.9 Å². The van der Waals surface area contributed by atoms with Crippen LogP contribution >= 0.6 is 31.9 Å². The molecule has 84 valence electrons. The van der Waals surface area contributed by atoms with Gasteiger partial charge in [-0.3, -0.25) is 0 Å². The monoisotopic (exact) mass is 352 g/mol. The van der Waals surface area contributed by atoms with E-state index >= 15 is 0 Å². The lowest BCUT2D eigenvalue weighted by Crippen LogP contribution is -2.24. The first kappa shape index (κ1) is 11.1. The molecule has 0 spiro atoms. The highest BCUT2D eigenvalue weighted by atomic mass is 79.9. The van der Waals surface area contributed by atoms with Gasteiger partial charge in [0.1, 0.15) is 12.1 Å². The smallest absolute Gasteiger partial charge is 0.177 e. The van der Waals surface area contributed by atoms with E-state index in [-0.39, 0.29) is 11.4 Å². The molecule has 0 unspecified atom stereocenters. The molecular formula is C11H6Br2N4. The van der Waals surface area contributed by atoms with Crippen molar-refractivity contribution in [3.63, 3.8) is 0 Å². The standard InChI is InChI=1S/C11H6Br2N4/c12-8-4-1-5(9(8)13)11-10(4)16-6(2-14)7(3-15)17-11/h4-5,8-9H,1H2/t4-,5+,8-,9-/m0/s1. The summed E-state index contributed by atoms with van der Waals surface area (Å²) in [5.41, 5.74) is 2.07. The molecule has 2 bridgehead atoms. The highest BCUT2D eigenvalue weighted by Crippen LogP contribution is 2.56. The molecule has 2 aliphatic carbocycles. The van der Waals surface area contributed by atoms with Crippen molar-refractivity contribution in [2.24, 2.45) is 0 Å². The number of fused-ring (bicyclic) bond motifs is 5. The van der Waals surface area contributed by atoms with Crippen molar-refractivity contribution in [3.05, 3.63) is 22.8 Å². The minimum absolute atomic E-state index is 0.143. The molecule has 4 nitrogen and oxygen atoms in total. The van der Waals surface area contributed by atoms with Crippen LogP contribution in [0.5, 0.6) is 0 Å². The average molecular weight is 354 g/mol. The summed E-state index contributed by atoms with van der Waals surface area (Å²) >= 11 is 7.30. The number of halogens is 2. The topological polar surface area (TPSA) is 73.4 Å². The molecular weight excluding hydrogens is 348 g/mol. The molecule has 3 rings (SSSR count). The van der Waals surface area contributed by atoms with Gasteiger partial charge in [0.25, 0.3) is 0 Å². The molecule has 17 heavy (non-hydrogen) atoms. The van der Waals surface area contributed by atoms with Crippen molar-refractivity contribution < 1.29 is 0 Å². The lowest BCUT2D eigenvalue weighted by Gasteiger charge is -2.23. The van der Waals surface area contributed by atoms with E-state index in [4.69, 9.17) is 10.5 Å². The van der Waals surface area contributed by atoms with Crippen LogP contribution in [0.25, 0.3) is 0 Å². The Kier molecular flexibility index (Phi) is 2.46. The zero-order chi connectivity index (χ0) is 12.2. The molecule has 6 heteroatoms. The SMILES string of the molecule is N#Cc1nc2c(nc1C#N)[C@@H]1C[C@H]2[C@H](Br)[C@H]1Br. The molecule has 0 saturated heterocycles. The summed E-state index contributed by atoms with van der Waals surface area (Å²) in [6.45, 7) is 0. The molecule has 4 atom stereocenters. The van der Waals surface area contributed by atoms with E-state index in [0.29, 0.717) is 21.5 Å². The molecule has 0 aliphatic heterocycles. The summed E-state index contributed by atoms with van der Waals surface area (Å²) in [7, 11) is 0. The fourth-order valence-electron chi connectivity index (χ4n) is 2.67. The Bertz CT molecular complexity index is 535. The minimum atomic E-state index is 0.143. The van der Waals surface area contributed by atoms with Crippen LogP contribution in [0, 0.1) is 22.7 Å². The number of hydrogen-bond acceptors (Lipinski definition) is 4. The maximum Gasteiger partial charge on any atom is 0.177 e. The number of aromatic nitrogens is 2. The van der Waals surface area contributed by atoms with Crippen molar-refractivity contribution in [2.45, 2.75) is 27.9 Å². The molecule has 1 aromatic rings. The summed E-state index contributed by atoms with van der Waals surface area (Å²) in [6.07, 6.45) is 0.987. The third-order valence-electron chi connectivity index (χ3n) is 3.45. The van der Waals surface area contributed by atoms with Crippen LogP contribution in [-0.2, 0) is 0 Å². The zero-order valence-corrected chi connectivity index (χ0v) is 11.7. The normalized spacial score (nSPS) is 32.9. The Morgan fingerprint density at radius 2 is 1.35 bits per heavy atom. The first-order valence-electron chi connectivity index (χ1n) is 5.17. The summed E-state index contributed by atoms with van der Waals surface area (Å²) in [4.78, 5) is 9.28. The Morgan fingerprint density at radius 3 is 1.71 bits per heavy atom. The van der Waals surface area contributed by atoms with E-state index in [1.54, 1.807) is 0 Å². The summed E-state index contributed by atoms with van der Waals surface area (Å²) in [6, 6.07) is 3.88. The highest BCUT2D eigenvalue weighted by molar-refractivity contribution is 9.12.